The zero-order valence-electron chi connectivity index (χ0n) is 14.3. The second-order valence-electron chi connectivity index (χ2n) is 6.73. The van der Waals surface area contributed by atoms with Gasteiger partial charge in [-0.05, 0) is 42.3 Å². The first-order valence-corrected chi connectivity index (χ1v) is 9.57. The Morgan fingerprint density at radius 1 is 1.04 bits per heavy atom. The van der Waals surface area contributed by atoms with Crippen LogP contribution in [0.2, 0.25) is 10.0 Å². The van der Waals surface area contributed by atoms with Crippen LogP contribution in [0.25, 0.3) is 0 Å². The van der Waals surface area contributed by atoms with Crippen molar-refractivity contribution in [3.8, 4) is 5.75 Å². The second-order valence-corrected chi connectivity index (χ2v) is 7.57. The van der Waals surface area contributed by atoms with Crippen molar-refractivity contribution in [2.45, 2.75) is 6.42 Å². The number of benzene rings is 2. The average molecular weight is 391 g/mol. The first kappa shape index (κ1) is 17.5. The van der Waals surface area contributed by atoms with Crippen LogP contribution >= 0.6 is 23.2 Å². The van der Waals surface area contributed by atoms with Crippen molar-refractivity contribution < 1.29 is 9.53 Å². The van der Waals surface area contributed by atoms with E-state index in [0.717, 1.165) is 35.1 Å². The number of ether oxygens (including phenoxy) is 1. The van der Waals surface area contributed by atoms with E-state index >= 15 is 0 Å². The lowest BCUT2D eigenvalue weighted by molar-refractivity contribution is -0.137. The molecule has 6 heteroatoms. The predicted octanol–water partition coefficient (Wildman–Crippen LogP) is 3.89. The number of amides is 1. The topological polar surface area (TPSA) is 32.8 Å². The zero-order chi connectivity index (χ0) is 18.1. The normalized spacial score (nSPS) is 19.7. The molecule has 0 radical (unpaired) electrons. The molecule has 1 saturated heterocycles. The fourth-order valence-corrected chi connectivity index (χ4v) is 4.11. The summed E-state index contributed by atoms with van der Waals surface area (Å²) in [7, 11) is 0. The monoisotopic (exact) mass is 390 g/mol. The number of rotatable bonds is 2. The quantitative estimate of drug-likeness (QED) is 0.779. The van der Waals surface area contributed by atoms with E-state index in [1.165, 1.54) is 0 Å². The van der Waals surface area contributed by atoms with Gasteiger partial charge in [0.2, 0.25) is 5.91 Å². The Bertz CT molecular complexity index is 819. The van der Waals surface area contributed by atoms with Gasteiger partial charge in [0.15, 0.2) is 0 Å². The third-order valence-corrected chi connectivity index (χ3v) is 5.62. The highest BCUT2D eigenvalue weighted by atomic mass is 35.5. The van der Waals surface area contributed by atoms with Gasteiger partial charge in [-0.1, -0.05) is 35.3 Å². The number of hydrogen-bond acceptors (Lipinski definition) is 3. The number of halogens is 2. The van der Waals surface area contributed by atoms with Gasteiger partial charge in [-0.15, -0.1) is 0 Å². The number of hydrogen-bond donors (Lipinski definition) is 0. The summed E-state index contributed by atoms with van der Waals surface area (Å²) in [5.74, 6) is 0.851. The minimum absolute atomic E-state index is 0.146. The molecule has 0 N–H and O–H groups in total. The smallest absolute Gasteiger partial charge is 0.229 e. The fourth-order valence-electron chi connectivity index (χ4n) is 3.66. The zero-order valence-corrected chi connectivity index (χ0v) is 15.8. The highest BCUT2D eigenvalue weighted by Crippen LogP contribution is 2.31. The molecule has 1 fully saturated rings. The first-order valence-electron chi connectivity index (χ1n) is 8.81. The Hall–Kier alpha value is -1.91. The van der Waals surface area contributed by atoms with Crippen LogP contribution < -0.4 is 9.64 Å². The molecule has 0 aliphatic carbocycles. The molecule has 136 valence electrons. The largest absolute Gasteiger partial charge is 0.492 e. The van der Waals surface area contributed by atoms with E-state index in [2.05, 4.69) is 4.90 Å². The van der Waals surface area contributed by atoms with Gasteiger partial charge in [-0.25, -0.2) is 0 Å². The van der Waals surface area contributed by atoms with E-state index in [0.29, 0.717) is 31.1 Å². The minimum Gasteiger partial charge on any atom is -0.492 e. The Balaban J connectivity index is 1.39. The number of fused-ring (bicyclic) bond motifs is 1. The summed E-state index contributed by atoms with van der Waals surface area (Å²) < 4.78 is 5.78. The lowest BCUT2D eigenvalue weighted by Crippen LogP contribution is -2.51. The minimum atomic E-state index is -0.146. The summed E-state index contributed by atoms with van der Waals surface area (Å²) in [6.07, 6.45) is 0.680. The molecule has 2 heterocycles. The molecule has 0 unspecified atom stereocenters. The van der Waals surface area contributed by atoms with Crippen LogP contribution in [-0.4, -0.2) is 43.6 Å². The van der Waals surface area contributed by atoms with Gasteiger partial charge in [0.1, 0.15) is 12.4 Å². The highest BCUT2D eigenvalue weighted by molar-refractivity contribution is 6.33. The molecule has 1 amide bonds. The first-order chi connectivity index (χ1) is 12.6. The van der Waals surface area contributed by atoms with Crippen LogP contribution in [0, 0.1) is 5.92 Å². The standard InChI is InChI=1S/C20H20Cl2N2O2/c21-16-5-6-19-14(12-16)11-15(13-26-19)20(25)24-9-7-23(8-10-24)18-4-2-1-3-17(18)22/h1-6,12,15H,7-11,13H2/t15-/m1/s1. The van der Waals surface area contributed by atoms with Crippen molar-refractivity contribution in [2.75, 3.05) is 37.7 Å². The third kappa shape index (κ3) is 3.49. The average Bonchev–Trinajstić information content (AvgIpc) is 2.67. The van der Waals surface area contributed by atoms with E-state index < -0.39 is 0 Å². The molecule has 2 aliphatic heterocycles. The number of carbonyl (C=O) groups is 1. The van der Waals surface area contributed by atoms with Crippen molar-refractivity contribution in [3.05, 3.63) is 58.1 Å². The predicted molar refractivity (Wildman–Crippen MR) is 104 cm³/mol. The van der Waals surface area contributed by atoms with E-state index in [9.17, 15) is 4.79 Å². The van der Waals surface area contributed by atoms with Gasteiger partial charge in [-0.3, -0.25) is 4.79 Å². The van der Waals surface area contributed by atoms with Crippen LogP contribution in [0.1, 0.15) is 5.56 Å². The summed E-state index contributed by atoms with van der Waals surface area (Å²) in [4.78, 5) is 17.1. The van der Waals surface area contributed by atoms with Gasteiger partial charge in [0.25, 0.3) is 0 Å². The number of anilines is 1. The molecular formula is C20H20Cl2N2O2. The van der Waals surface area contributed by atoms with E-state index in [4.69, 9.17) is 27.9 Å². The molecule has 0 bridgehead atoms. The molecule has 1 atom stereocenters. The lowest BCUT2D eigenvalue weighted by atomic mass is 9.95. The van der Waals surface area contributed by atoms with Gasteiger partial charge >= 0.3 is 0 Å². The molecule has 2 aromatic rings. The van der Waals surface area contributed by atoms with Crippen molar-refractivity contribution in [3.63, 3.8) is 0 Å². The van der Waals surface area contributed by atoms with Crippen molar-refractivity contribution in [1.29, 1.82) is 0 Å². The molecule has 0 saturated carbocycles. The Morgan fingerprint density at radius 3 is 2.58 bits per heavy atom. The summed E-state index contributed by atoms with van der Waals surface area (Å²) >= 11 is 12.4. The lowest BCUT2D eigenvalue weighted by Gasteiger charge is -2.38. The molecule has 0 spiro atoms. The van der Waals surface area contributed by atoms with Crippen molar-refractivity contribution in [1.82, 2.24) is 4.90 Å². The number of piperazine rings is 1. The molecule has 4 rings (SSSR count). The van der Waals surface area contributed by atoms with Gasteiger partial charge in [-0.2, -0.15) is 0 Å². The van der Waals surface area contributed by atoms with Crippen LogP contribution in [0.15, 0.2) is 42.5 Å². The maximum absolute atomic E-state index is 12.9. The molecule has 4 nitrogen and oxygen atoms in total. The van der Waals surface area contributed by atoms with Gasteiger partial charge in [0.05, 0.1) is 16.6 Å². The van der Waals surface area contributed by atoms with E-state index in [1.54, 1.807) is 0 Å². The summed E-state index contributed by atoms with van der Waals surface area (Å²) in [5.41, 5.74) is 2.04. The Morgan fingerprint density at radius 2 is 1.81 bits per heavy atom. The van der Waals surface area contributed by atoms with Crippen LogP contribution in [0.3, 0.4) is 0 Å². The summed E-state index contributed by atoms with van der Waals surface area (Å²) in [6, 6.07) is 13.4. The van der Waals surface area contributed by atoms with Crippen LogP contribution in [-0.2, 0) is 11.2 Å². The van der Waals surface area contributed by atoms with E-state index in [1.807, 2.05) is 47.4 Å². The molecule has 26 heavy (non-hydrogen) atoms. The van der Waals surface area contributed by atoms with E-state index in [-0.39, 0.29) is 11.8 Å². The summed E-state index contributed by atoms with van der Waals surface area (Å²) in [6.45, 7) is 3.39. The highest BCUT2D eigenvalue weighted by Gasteiger charge is 2.31. The van der Waals surface area contributed by atoms with Crippen LogP contribution in [0.4, 0.5) is 5.69 Å². The number of para-hydroxylation sites is 1. The Labute approximate surface area is 163 Å². The molecule has 2 aromatic carbocycles. The maximum atomic E-state index is 12.9. The second kappa shape index (κ2) is 7.37. The van der Waals surface area contributed by atoms with Crippen molar-refractivity contribution in [2.24, 2.45) is 5.92 Å². The van der Waals surface area contributed by atoms with Crippen molar-refractivity contribution >= 4 is 34.8 Å². The number of carbonyl (C=O) groups excluding carboxylic acids is 1. The number of nitrogens with zero attached hydrogens (tertiary/aromatic N) is 2. The third-order valence-electron chi connectivity index (χ3n) is 5.06. The molecule has 2 aliphatic rings. The van der Waals surface area contributed by atoms with Gasteiger partial charge < -0.3 is 14.5 Å². The summed E-state index contributed by atoms with van der Waals surface area (Å²) in [5, 5.41) is 1.43. The molecular weight excluding hydrogens is 371 g/mol. The van der Waals surface area contributed by atoms with Crippen LogP contribution in [0.5, 0.6) is 5.75 Å². The SMILES string of the molecule is O=C([C@H]1COc2ccc(Cl)cc2C1)N1CCN(c2ccccc2Cl)CC1. The van der Waals surface area contributed by atoms with Gasteiger partial charge in [0, 0.05) is 31.2 Å². The maximum Gasteiger partial charge on any atom is 0.229 e. The molecule has 0 aromatic heterocycles. The fraction of sp³-hybridized carbons (Fsp3) is 0.350. The Kier molecular flexibility index (Phi) is 4.96.